The number of likely N-dealkylation sites (N-methyl/N-ethyl adjacent to an activating group) is 9. The van der Waals surface area contributed by atoms with Crippen molar-refractivity contribution in [1.82, 2.24) is 108 Å². The molecule has 0 saturated carbocycles. The van der Waals surface area contributed by atoms with E-state index in [4.69, 9.17) is 56.8 Å². The van der Waals surface area contributed by atoms with E-state index >= 15 is 0 Å². The molecular formula is C104H226N22O12. The molecule has 34 heteroatoms. The number of unbranched alkanes of at least 4 members (excludes halogenated alkanes) is 7. The molecule has 0 aromatic heterocycles. The summed E-state index contributed by atoms with van der Waals surface area (Å²) in [5.74, 6) is 0. The molecule has 824 valence electrons. The molecule has 0 spiro atoms. The Morgan fingerprint density at radius 1 is 0.109 bits per heavy atom. The predicted octanol–water partition coefficient (Wildman–Crippen LogP) is 3.67. The van der Waals surface area contributed by atoms with Crippen molar-refractivity contribution in [3.63, 3.8) is 0 Å². The van der Waals surface area contributed by atoms with Crippen molar-refractivity contribution in [3.8, 4) is 0 Å². The fourth-order valence-corrected chi connectivity index (χ4v) is 17.9. The minimum atomic E-state index is 0.703. The summed E-state index contributed by atoms with van der Waals surface area (Å²) in [5, 5.41) is 0. The van der Waals surface area contributed by atoms with Crippen LogP contribution < -0.4 is 0 Å². The number of ether oxygens (including phenoxy) is 12. The van der Waals surface area contributed by atoms with E-state index in [1.54, 1.807) is 64.0 Å². The van der Waals surface area contributed by atoms with Gasteiger partial charge in [0.1, 0.15) is 0 Å². The van der Waals surface area contributed by atoms with Crippen molar-refractivity contribution in [3.05, 3.63) is 0 Å². The molecule has 0 aliphatic carbocycles. The lowest BCUT2D eigenvalue weighted by atomic mass is 10.2. The Labute approximate surface area is 849 Å². The summed E-state index contributed by atoms with van der Waals surface area (Å²) in [6, 6.07) is 0. The van der Waals surface area contributed by atoms with E-state index in [1.165, 1.54) is 385 Å². The van der Waals surface area contributed by atoms with Crippen molar-refractivity contribution in [2.24, 2.45) is 0 Å². The maximum Gasteiger partial charge on any atom is 0.0700 e. The second kappa shape index (κ2) is 93.0. The Bertz CT molecular complexity index is 2270. The fourth-order valence-electron chi connectivity index (χ4n) is 17.9. The molecule has 11 heterocycles. The third kappa shape index (κ3) is 76.2. The van der Waals surface area contributed by atoms with Gasteiger partial charge in [0.25, 0.3) is 0 Å². The molecular weight excluding hydrogens is 1750 g/mol. The van der Waals surface area contributed by atoms with Crippen LogP contribution in [0.2, 0.25) is 0 Å². The van der Waals surface area contributed by atoms with Gasteiger partial charge in [0.15, 0.2) is 0 Å². The van der Waals surface area contributed by atoms with Gasteiger partial charge in [-0.25, -0.2) is 0 Å². The molecule has 0 unspecified atom stereocenters. The van der Waals surface area contributed by atoms with Crippen LogP contribution in [-0.4, -0.2) is 707 Å². The largest absolute Gasteiger partial charge is 0.385 e. The zero-order valence-corrected chi connectivity index (χ0v) is 93.5. The predicted molar refractivity (Wildman–Crippen MR) is 575 cm³/mol. The summed E-state index contributed by atoms with van der Waals surface area (Å²) in [6.45, 7) is 81.6. The Kier molecular flexibility index (Phi) is 88.1. The lowest BCUT2D eigenvalue weighted by molar-refractivity contribution is 0.0620. The van der Waals surface area contributed by atoms with Crippen LogP contribution in [0.1, 0.15) is 89.9 Å². The number of methoxy groups -OCH3 is 9. The Balaban J connectivity index is 0.000000400. The molecule has 11 saturated heterocycles. The van der Waals surface area contributed by atoms with Crippen LogP contribution in [0.4, 0.5) is 0 Å². The number of rotatable bonds is 56. The lowest BCUT2D eigenvalue weighted by Crippen LogP contribution is -2.50. The van der Waals surface area contributed by atoms with Crippen LogP contribution in [0.15, 0.2) is 0 Å². The maximum absolute atomic E-state index is 5.53. The minimum absolute atomic E-state index is 0.703. The monoisotopic (exact) mass is 1980 g/mol. The van der Waals surface area contributed by atoms with Crippen LogP contribution in [-0.2, 0) is 56.8 Å². The fraction of sp³-hybridized carbons (Fsp3) is 1.00. The summed E-state index contributed by atoms with van der Waals surface area (Å²) in [5.41, 5.74) is 0. The average Bonchev–Trinajstić information content (AvgIpc) is 0.889. The second-order valence-electron chi connectivity index (χ2n) is 40.4. The number of hydrogen-bond donors (Lipinski definition) is 0. The van der Waals surface area contributed by atoms with Gasteiger partial charge in [-0.1, -0.05) is 25.7 Å². The second-order valence-corrected chi connectivity index (χ2v) is 40.4. The molecule has 0 N–H and O–H groups in total. The van der Waals surface area contributed by atoms with Crippen molar-refractivity contribution in [2.75, 3.05) is 600 Å². The molecule has 0 bridgehead atoms. The Morgan fingerprint density at radius 3 is 0.514 bits per heavy atom. The van der Waals surface area contributed by atoms with E-state index in [2.05, 4.69) is 171 Å². The van der Waals surface area contributed by atoms with Gasteiger partial charge in [-0.05, 0) is 160 Å². The number of nitrogens with zero attached hydrogens (tertiary/aromatic N) is 22. The molecule has 11 fully saturated rings. The van der Waals surface area contributed by atoms with Crippen molar-refractivity contribution in [2.45, 2.75) is 89.9 Å². The normalized spacial score (nSPS) is 21.3. The molecule has 138 heavy (non-hydrogen) atoms. The third-order valence-electron chi connectivity index (χ3n) is 28.6. The van der Waals surface area contributed by atoms with Gasteiger partial charge in [-0.15, -0.1) is 0 Å². The molecule has 0 aromatic carbocycles. The first-order chi connectivity index (χ1) is 67.3. The summed E-state index contributed by atoms with van der Waals surface area (Å²) >= 11 is 0. The molecule has 0 amide bonds. The van der Waals surface area contributed by atoms with Crippen molar-refractivity contribution >= 4 is 0 Å². The van der Waals surface area contributed by atoms with Crippen LogP contribution in [0.25, 0.3) is 0 Å². The summed E-state index contributed by atoms with van der Waals surface area (Å²) in [7, 11) is 35.6. The number of piperazine rings is 11. The first-order valence-electron chi connectivity index (χ1n) is 55.1. The van der Waals surface area contributed by atoms with Crippen molar-refractivity contribution in [1.29, 1.82) is 0 Å². The summed E-state index contributed by atoms with van der Waals surface area (Å²) in [4.78, 5) is 54.7. The standard InChI is InChI=1S/C13H28N4.C12H26N4.C12H26N2O2.2C12H26N2O.3C11H24N2O2.C10H22N2O2/c1-14-6-10-16(11-7-14)4-3-5-17-12-8-15(2)9-13-17;1-13-3-7-15(8-4-13)11-12-16-9-5-14(2)6-10-16;1-13-6-8-14(9-7-13)5-3-4-10-16-12-11-15-2;2*1-13-8-10-14(11-9-13)7-5-3-4-6-12-15-2;1-12-4-6-13(7-5-12)8-11-15-10-3-9-14-2;1-14-10-3-4-12-5-7-13(8-6-12)9-11-15-2;1-12-5-7-13(8-6-12)4-3-9-15-11-10-14-2;1-13-9-7-11-3-5-12(6-4-11)8-10-14-2/h3-13H2,1-2H3;2*3-12H2,1-2H3;2*3-12H2,1-2H3;3*3-11H2,1-2H3;3-10H2,1-2H3. The smallest absolute Gasteiger partial charge is 0.0700 e. The van der Waals surface area contributed by atoms with Crippen molar-refractivity contribution < 1.29 is 56.8 Å². The van der Waals surface area contributed by atoms with Crippen LogP contribution in [0.3, 0.4) is 0 Å². The van der Waals surface area contributed by atoms with Crippen LogP contribution in [0, 0.1) is 0 Å². The summed E-state index contributed by atoms with van der Waals surface area (Å²) < 4.78 is 61.5. The Hall–Kier alpha value is -1.36. The molecule has 0 atom stereocenters. The lowest BCUT2D eigenvalue weighted by Gasteiger charge is -2.36. The molecule has 11 aliphatic heterocycles. The van der Waals surface area contributed by atoms with Gasteiger partial charge in [0.05, 0.1) is 52.9 Å². The highest BCUT2D eigenvalue weighted by Gasteiger charge is 2.24. The maximum atomic E-state index is 5.53. The average molecular weight is 1980 g/mol. The third-order valence-corrected chi connectivity index (χ3v) is 28.6. The highest BCUT2D eigenvalue weighted by atomic mass is 16.5. The van der Waals surface area contributed by atoms with E-state index in [9.17, 15) is 0 Å². The van der Waals surface area contributed by atoms with Gasteiger partial charge in [-0.2, -0.15) is 0 Å². The molecule has 11 aliphatic rings. The highest BCUT2D eigenvalue weighted by Crippen LogP contribution is 2.12. The number of hydrogen-bond acceptors (Lipinski definition) is 34. The molecule has 0 radical (unpaired) electrons. The van der Waals surface area contributed by atoms with Gasteiger partial charge in [0.2, 0.25) is 0 Å². The van der Waals surface area contributed by atoms with E-state index in [1.807, 2.05) is 0 Å². The topological polar surface area (TPSA) is 182 Å². The Morgan fingerprint density at radius 2 is 0.261 bits per heavy atom. The first kappa shape index (κ1) is 131. The summed E-state index contributed by atoms with van der Waals surface area (Å²) in [6.07, 6.45) is 17.5. The first-order valence-corrected chi connectivity index (χ1v) is 55.1. The molecule has 11 rings (SSSR count). The molecule has 34 nitrogen and oxygen atoms in total. The van der Waals surface area contributed by atoms with Crippen LogP contribution >= 0.6 is 0 Å². The van der Waals surface area contributed by atoms with Gasteiger partial charge < -0.3 is 135 Å². The zero-order chi connectivity index (χ0) is 100.0. The van der Waals surface area contributed by atoms with E-state index in [0.717, 1.165) is 164 Å². The van der Waals surface area contributed by atoms with E-state index < -0.39 is 0 Å². The van der Waals surface area contributed by atoms with E-state index in [0.29, 0.717) is 13.2 Å². The molecule has 0 aromatic rings. The van der Waals surface area contributed by atoms with Gasteiger partial charge in [0, 0.05) is 451 Å². The quantitative estimate of drug-likeness (QED) is 0.0804. The highest BCUT2D eigenvalue weighted by molar-refractivity contribution is 4.80. The minimum Gasteiger partial charge on any atom is -0.385 e. The van der Waals surface area contributed by atoms with E-state index in [-0.39, 0.29) is 0 Å². The zero-order valence-electron chi connectivity index (χ0n) is 93.5. The SMILES string of the molecule is CN1CCN(CCCN2CCN(C)CC2)CC1.CN1CCN(CCN2CCN(C)CC2)CC1.COCCCCCCN1CCN(C)CC1.COCCCCCCN1CCN(C)CC1.COCCCN1CCN(CCOC)CC1.COCCCOCCN1CCN(C)CC1.COCCN1CCN(CCOC)CC1.COCCOCCCCN1CCN(C)CC1.COCCOCCCN1CCN(C)CC1. The van der Waals surface area contributed by atoms with Gasteiger partial charge in [-0.3, -0.25) is 29.4 Å². The van der Waals surface area contributed by atoms with Gasteiger partial charge >= 0.3 is 0 Å². The van der Waals surface area contributed by atoms with Crippen LogP contribution in [0.5, 0.6) is 0 Å².